The Morgan fingerprint density at radius 1 is 1.25 bits per heavy atom. The molecule has 0 saturated carbocycles. The van der Waals surface area contributed by atoms with Crippen LogP contribution in [0.5, 0.6) is 0 Å². The summed E-state index contributed by atoms with van der Waals surface area (Å²) in [6.07, 6.45) is -5.09. The highest BCUT2D eigenvalue weighted by Crippen LogP contribution is 2.38. The molecule has 132 valence electrons. The molecule has 0 atom stereocenters. The van der Waals surface area contributed by atoms with E-state index < -0.39 is 23.4 Å². The number of alkyl carbamates (subject to hydrolysis) is 1. The molecule has 0 aliphatic rings. The van der Waals surface area contributed by atoms with Crippen LogP contribution in [0.4, 0.5) is 18.0 Å². The van der Waals surface area contributed by atoms with Gasteiger partial charge in [0.2, 0.25) is 0 Å². The Bertz CT molecular complexity index is 776. The van der Waals surface area contributed by atoms with Gasteiger partial charge < -0.3 is 14.6 Å². The van der Waals surface area contributed by atoms with Gasteiger partial charge in [-0.15, -0.1) is 0 Å². The summed E-state index contributed by atoms with van der Waals surface area (Å²) in [7, 11) is 1.54. The molecule has 8 heteroatoms. The highest BCUT2D eigenvalue weighted by atomic mass is 79.9. The summed E-state index contributed by atoms with van der Waals surface area (Å²) < 4.78 is 46.7. The van der Waals surface area contributed by atoms with Gasteiger partial charge in [-0.1, -0.05) is 15.9 Å². The fourth-order valence-corrected chi connectivity index (χ4v) is 2.86. The molecule has 2 rings (SSSR count). The Morgan fingerprint density at radius 3 is 2.42 bits per heavy atom. The van der Waals surface area contributed by atoms with E-state index in [-0.39, 0.29) is 12.1 Å². The van der Waals surface area contributed by atoms with Crippen LogP contribution in [-0.4, -0.2) is 16.3 Å². The molecular weight excluding hydrogens is 389 g/mol. The van der Waals surface area contributed by atoms with Crippen LogP contribution < -0.4 is 5.32 Å². The van der Waals surface area contributed by atoms with Crippen molar-refractivity contribution in [3.63, 3.8) is 0 Å². The number of alkyl halides is 3. The van der Waals surface area contributed by atoms with Gasteiger partial charge in [0.15, 0.2) is 0 Å². The van der Waals surface area contributed by atoms with Crippen LogP contribution in [0.1, 0.15) is 32.0 Å². The highest BCUT2D eigenvalue weighted by molar-refractivity contribution is 9.10. The van der Waals surface area contributed by atoms with Crippen LogP contribution >= 0.6 is 15.9 Å². The Morgan fingerprint density at radius 2 is 1.88 bits per heavy atom. The normalized spacial score (nSPS) is 12.5. The van der Waals surface area contributed by atoms with E-state index in [9.17, 15) is 18.0 Å². The van der Waals surface area contributed by atoms with E-state index in [1.807, 2.05) is 0 Å². The summed E-state index contributed by atoms with van der Waals surface area (Å²) in [4.78, 5) is 11.7. The van der Waals surface area contributed by atoms with E-state index in [4.69, 9.17) is 4.74 Å². The van der Waals surface area contributed by atoms with Crippen molar-refractivity contribution in [1.29, 1.82) is 0 Å². The number of aryl methyl sites for hydroxylation is 1. The van der Waals surface area contributed by atoms with Gasteiger partial charge >= 0.3 is 12.3 Å². The predicted octanol–water partition coefficient (Wildman–Crippen LogP) is 4.98. The number of hydrogen-bond acceptors (Lipinski definition) is 2. The van der Waals surface area contributed by atoms with Crippen molar-refractivity contribution in [2.75, 3.05) is 0 Å². The summed E-state index contributed by atoms with van der Waals surface area (Å²) in [5.74, 6) is 0. The van der Waals surface area contributed by atoms with E-state index in [1.165, 1.54) is 11.6 Å². The van der Waals surface area contributed by atoms with Gasteiger partial charge in [-0.3, -0.25) is 0 Å². The summed E-state index contributed by atoms with van der Waals surface area (Å²) in [6, 6.07) is 4.28. The predicted molar refractivity (Wildman–Crippen MR) is 88.7 cm³/mol. The van der Waals surface area contributed by atoms with E-state index in [0.29, 0.717) is 15.6 Å². The summed E-state index contributed by atoms with van der Waals surface area (Å²) in [5.41, 5.74) is -0.749. The van der Waals surface area contributed by atoms with Crippen molar-refractivity contribution in [3.8, 4) is 0 Å². The maximum atomic E-state index is 13.3. The first-order valence-electron chi connectivity index (χ1n) is 7.20. The van der Waals surface area contributed by atoms with Gasteiger partial charge in [0.1, 0.15) is 5.60 Å². The molecule has 2 aromatic rings. The quantitative estimate of drug-likeness (QED) is 0.763. The third kappa shape index (κ3) is 4.23. The number of halogens is 4. The third-order valence-electron chi connectivity index (χ3n) is 3.31. The zero-order chi connectivity index (χ0) is 18.3. The van der Waals surface area contributed by atoms with Crippen LogP contribution in [0.15, 0.2) is 22.7 Å². The lowest BCUT2D eigenvalue weighted by Gasteiger charge is -2.19. The minimum atomic E-state index is -4.47. The minimum Gasteiger partial charge on any atom is -0.444 e. The van der Waals surface area contributed by atoms with Gasteiger partial charge in [-0.05, 0) is 39.0 Å². The zero-order valence-electron chi connectivity index (χ0n) is 13.7. The van der Waals surface area contributed by atoms with Crippen LogP contribution in [0.25, 0.3) is 10.9 Å². The molecule has 1 heterocycles. The standard InChI is InChI=1S/C16H18BrF3N2O2/c1-15(2,3)24-14(23)21-8-11-6-9-5-10(17)7-12(16(18,19)20)13(9)22(11)4/h5-7H,8H2,1-4H3,(H,21,23). The van der Waals surface area contributed by atoms with Crippen molar-refractivity contribution in [1.82, 2.24) is 9.88 Å². The van der Waals surface area contributed by atoms with E-state index in [0.717, 1.165) is 6.07 Å². The molecule has 1 aromatic heterocycles. The molecular formula is C16H18BrF3N2O2. The largest absolute Gasteiger partial charge is 0.444 e. The number of hydrogen-bond donors (Lipinski definition) is 1. The van der Waals surface area contributed by atoms with Crippen molar-refractivity contribution in [3.05, 3.63) is 33.9 Å². The van der Waals surface area contributed by atoms with Crippen molar-refractivity contribution >= 4 is 32.9 Å². The van der Waals surface area contributed by atoms with Crippen molar-refractivity contribution in [2.24, 2.45) is 7.05 Å². The average Bonchev–Trinajstić information content (AvgIpc) is 2.69. The molecule has 0 unspecified atom stereocenters. The molecule has 1 N–H and O–H groups in total. The molecule has 1 amide bonds. The summed E-state index contributed by atoms with van der Waals surface area (Å²) in [6.45, 7) is 5.26. The lowest BCUT2D eigenvalue weighted by atomic mass is 10.1. The number of rotatable bonds is 2. The van der Waals surface area contributed by atoms with Gasteiger partial charge in [-0.2, -0.15) is 13.2 Å². The smallest absolute Gasteiger partial charge is 0.418 e. The molecule has 24 heavy (non-hydrogen) atoms. The molecule has 4 nitrogen and oxygen atoms in total. The number of benzene rings is 1. The molecule has 0 fully saturated rings. The maximum Gasteiger partial charge on any atom is 0.418 e. The maximum absolute atomic E-state index is 13.3. The number of carbonyl (C=O) groups excluding carboxylic acids is 1. The monoisotopic (exact) mass is 406 g/mol. The van der Waals surface area contributed by atoms with Crippen LogP contribution in [-0.2, 0) is 24.5 Å². The topological polar surface area (TPSA) is 43.3 Å². The van der Waals surface area contributed by atoms with Gasteiger partial charge in [0.25, 0.3) is 0 Å². The first-order chi connectivity index (χ1) is 10.9. The Hall–Kier alpha value is -1.70. The molecule has 0 aliphatic heterocycles. The number of fused-ring (bicyclic) bond motifs is 1. The zero-order valence-corrected chi connectivity index (χ0v) is 15.3. The molecule has 0 saturated heterocycles. The van der Waals surface area contributed by atoms with Crippen molar-refractivity contribution < 1.29 is 22.7 Å². The Balaban J connectivity index is 2.34. The first kappa shape index (κ1) is 18.6. The van der Waals surface area contributed by atoms with Gasteiger partial charge in [-0.25, -0.2) is 4.79 Å². The number of carbonyl (C=O) groups is 1. The van der Waals surface area contributed by atoms with Crippen LogP contribution in [0, 0.1) is 0 Å². The fourth-order valence-electron chi connectivity index (χ4n) is 2.39. The van der Waals surface area contributed by atoms with Gasteiger partial charge in [0.05, 0.1) is 17.6 Å². The number of amides is 1. The minimum absolute atomic E-state index is 0.0645. The highest BCUT2D eigenvalue weighted by Gasteiger charge is 2.34. The third-order valence-corrected chi connectivity index (χ3v) is 3.77. The Labute approximate surface area is 146 Å². The van der Waals surface area contributed by atoms with E-state index >= 15 is 0 Å². The first-order valence-corrected chi connectivity index (χ1v) is 7.99. The number of ether oxygens (including phenoxy) is 1. The molecule has 1 aromatic carbocycles. The molecule has 0 bridgehead atoms. The SMILES string of the molecule is Cn1c(CNC(=O)OC(C)(C)C)cc2cc(Br)cc(C(F)(F)F)c21. The average molecular weight is 407 g/mol. The molecule has 0 spiro atoms. The lowest BCUT2D eigenvalue weighted by molar-refractivity contribution is -0.136. The van der Waals surface area contributed by atoms with Gasteiger partial charge in [0, 0.05) is 22.6 Å². The lowest BCUT2D eigenvalue weighted by Crippen LogP contribution is -2.32. The number of aromatic nitrogens is 1. The molecule has 0 radical (unpaired) electrons. The second-order valence-corrected chi connectivity index (χ2v) is 7.35. The summed E-state index contributed by atoms with van der Waals surface area (Å²) >= 11 is 3.11. The number of nitrogens with zero attached hydrogens (tertiary/aromatic N) is 1. The van der Waals surface area contributed by atoms with Crippen molar-refractivity contribution in [2.45, 2.75) is 39.1 Å². The van der Waals surface area contributed by atoms with E-state index in [1.54, 1.807) is 32.9 Å². The second kappa shape index (κ2) is 6.31. The molecule has 0 aliphatic carbocycles. The Kier molecular flexibility index (Phi) is 4.90. The van der Waals surface area contributed by atoms with Crippen LogP contribution in [0.2, 0.25) is 0 Å². The second-order valence-electron chi connectivity index (χ2n) is 6.44. The van der Waals surface area contributed by atoms with E-state index in [2.05, 4.69) is 21.2 Å². The van der Waals surface area contributed by atoms with Crippen LogP contribution in [0.3, 0.4) is 0 Å². The number of nitrogens with one attached hydrogen (secondary N) is 1. The fraction of sp³-hybridized carbons (Fsp3) is 0.438. The summed E-state index contributed by atoms with van der Waals surface area (Å²) in [5, 5.41) is 3.00.